The molecule has 1 atom stereocenters. The molecule has 1 fully saturated rings. The highest BCUT2D eigenvalue weighted by Gasteiger charge is 2.22. The average Bonchev–Trinajstić information content (AvgIpc) is 2.78. The summed E-state index contributed by atoms with van der Waals surface area (Å²) in [7, 11) is 0. The van der Waals surface area contributed by atoms with Crippen molar-refractivity contribution < 1.29 is 9.90 Å². The van der Waals surface area contributed by atoms with Gasteiger partial charge < -0.3 is 5.11 Å². The smallest absolute Gasteiger partial charge is 0.358 e. The van der Waals surface area contributed by atoms with Crippen molar-refractivity contribution in [2.75, 3.05) is 13.1 Å². The molecule has 0 spiro atoms. The summed E-state index contributed by atoms with van der Waals surface area (Å²) in [6.07, 6.45) is 5.14. The summed E-state index contributed by atoms with van der Waals surface area (Å²) in [4.78, 5) is 13.1. The molecule has 17 heavy (non-hydrogen) atoms. The zero-order valence-electron chi connectivity index (χ0n) is 10.0. The lowest BCUT2D eigenvalue weighted by Crippen LogP contribution is -2.41. The number of hydrogen-bond donors (Lipinski definition) is 1. The van der Waals surface area contributed by atoms with E-state index in [9.17, 15) is 4.79 Å². The van der Waals surface area contributed by atoms with Crippen molar-refractivity contribution in [2.24, 2.45) is 0 Å². The molecule has 1 aliphatic heterocycles. The zero-order valence-corrected chi connectivity index (χ0v) is 10.0. The fourth-order valence-electron chi connectivity index (χ4n) is 2.38. The van der Waals surface area contributed by atoms with Gasteiger partial charge in [0.1, 0.15) is 0 Å². The standard InChI is InChI=1S/C11H18N4O2/c1-2-14-6-4-3-5-9(14)7-15-8-10(11(16)17)12-13-15/h8-9H,2-7H2,1H3,(H,16,17). The van der Waals surface area contributed by atoms with Crippen molar-refractivity contribution in [3.63, 3.8) is 0 Å². The number of nitrogens with zero attached hydrogens (tertiary/aromatic N) is 4. The van der Waals surface area contributed by atoms with Crippen LogP contribution < -0.4 is 0 Å². The molecule has 0 bridgehead atoms. The minimum absolute atomic E-state index is 0.0175. The van der Waals surface area contributed by atoms with Crippen LogP contribution in [0.15, 0.2) is 6.20 Å². The molecule has 1 aromatic rings. The van der Waals surface area contributed by atoms with Crippen LogP contribution in [0.5, 0.6) is 0 Å². The molecule has 1 aliphatic rings. The summed E-state index contributed by atoms with van der Waals surface area (Å²) in [5, 5.41) is 16.3. The molecular weight excluding hydrogens is 220 g/mol. The lowest BCUT2D eigenvalue weighted by molar-refractivity contribution is 0.0690. The van der Waals surface area contributed by atoms with Crippen LogP contribution in [0.3, 0.4) is 0 Å². The Bertz CT molecular complexity index is 391. The Morgan fingerprint density at radius 2 is 2.41 bits per heavy atom. The van der Waals surface area contributed by atoms with Gasteiger partial charge in [-0.15, -0.1) is 5.10 Å². The third kappa shape index (κ3) is 2.82. The van der Waals surface area contributed by atoms with Gasteiger partial charge in [-0.2, -0.15) is 0 Å². The van der Waals surface area contributed by atoms with Crippen LogP contribution in [0.25, 0.3) is 0 Å². The van der Waals surface area contributed by atoms with E-state index in [1.807, 2.05) is 0 Å². The minimum Gasteiger partial charge on any atom is -0.476 e. The predicted octanol–water partition coefficient (Wildman–Crippen LogP) is 0.851. The van der Waals surface area contributed by atoms with Gasteiger partial charge in [0.25, 0.3) is 0 Å². The lowest BCUT2D eigenvalue weighted by atomic mass is 10.0. The molecule has 1 N–H and O–H groups in total. The van der Waals surface area contributed by atoms with E-state index in [0.29, 0.717) is 6.04 Å². The first kappa shape index (κ1) is 12.0. The largest absolute Gasteiger partial charge is 0.476 e. The fraction of sp³-hybridized carbons (Fsp3) is 0.727. The number of likely N-dealkylation sites (N-methyl/N-ethyl adjacent to an activating group) is 1. The first-order valence-corrected chi connectivity index (χ1v) is 6.08. The van der Waals surface area contributed by atoms with Gasteiger partial charge in [0, 0.05) is 6.04 Å². The number of rotatable bonds is 4. The van der Waals surface area contributed by atoms with Gasteiger partial charge in [-0.1, -0.05) is 18.6 Å². The highest BCUT2D eigenvalue weighted by atomic mass is 16.4. The van der Waals surface area contributed by atoms with Crippen molar-refractivity contribution >= 4 is 5.97 Å². The van der Waals surface area contributed by atoms with Crippen LogP contribution in [0.1, 0.15) is 36.7 Å². The Labute approximate surface area is 100 Å². The maximum absolute atomic E-state index is 10.7. The Morgan fingerprint density at radius 3 is 3.06 bits per heavy atom. The monoisotopic (exact) mass is 238 g/mol. The molecule has 0 aromatic carbocycles. The maximum atomic E-state index is 10.7. The van der Waals surface area contributed by atoms with Crippen molar-refractivity contribution in [1.29, 1.82) is 0 Å². The van der Waals surface area contributed by atoms with Crippen molar-refractivity contribution in [2.45, 2.75) is 38.8 Å². The SMILES string of the molecule is CCN1CCCCC1Cn1cc(C(=O)O)nn1. The Hall–Kier alpha value is -1.43. The molecule has 2 heterocycles. The summed E-state index contributed by atoms with van der Waals surface area (Å²) in [6, 6.07) is 0.456. The van der Waals surface area contributed by atoms with Crippen LogP contribution in [-0.4, -0.2) is 50.1 Å². The van der Waals surface area contributed by atoms with E-state index >= 15 is 0 Å². The molecule has 6 nitrogen and oxygen atoms in total. The molecule has 1 saturated heterocycles. The Balaban J connectivity index is 2.00. The minimum atomic E-state index is -1.02. The number of carboxylic acid groups (broad SMARTS) is 1. The number of aromatic nitrogens is 3. The number of likely N-dealkylation sites (tertiary alicyclic amines) is 1. The van der Waals surface area contributed by atoms with Gasteiger partial charge in [0.05, 0.1) is 12.7 Å². The number of hydrogen-bond acceptors (Lipinski definition) is 4. The molecule has 0 saturated carbocycles. The van der Waals surface area contributed by atoms with E-state index in [4.69, 9.17) is 5.11 Å². The molecule has 2 rings (SSSR count). The first-order valence-electron chi connectivity index (χ1n) is 6.08. The molecule has 0 amide bonds. The Morgan fingerprint density at radius 1 is 1.59 bits per heavy atom. The van der Waals surface area contributed by atoms with E-state index in [1.165, 1.54) is 19.0 Å². The van der Waals surface area contributed by atoms with Crippen LogP contribution in [-0.2, 0) is 6.54 Å². The first-order chi connectivity index (χ1) is 8.20. The van der Waals surface area contributed by atoms with E-state index in [1.54, 1.807) is 4.68 Å². The predicted molar refractivity (Wildman–Crippen MR) is 61.9 cm³/mol. The highest BCUT2D eigenvalue weighted by Crippen LogP contribution is 2.17. The second-order valence-corrected chi connectivity index (χ2v) is 4.41. The van der Waals surface area contributed by atoms with E-state index in [-0.39, 0.29) is 5.69 Å². The van der Waals surface area contributed by atoms with Crippen LogP contribution >= 0.6 is 0 Å². The van der Waals surface area contributed by atoms with E-state index < -0.39 is 5.97 Å². The van der Waals surface area contributed by atoms with Crippen molar-refractivity contribution in [1.82, 2.24) is 19.9 Å². The van der Waals surface area contributed by atoms with Gasteiger partial charge in [0.2, 0.25) is 0 Å². The number of carboxylic acids is 1. The highest BCUT2D eigenvalue weighted by molar-refractivity contribution is 5.84. The van der Waals surface area contributed by atoms with E-state index in [0.717, 1.165) is 26.1 Å². The summed E-state index contributed by atoms with van der Waals surface area (Å²) in [6.45, 7) is 5.04. The van der Waals surface area contributed by atoms with Crippen LogP contribution in [0.2, 0.25) is 0 Å². The van der Waals surface area contributed by atoms with Crippen molar-refractivity contribution in [3.8, 4) is 0 Å². The molecule has 0 radical (unpaired) electrons. The molecule has 94 valence electrons. The second kappa shape index (κ2) is 5.27. The third-order valence-electron chi connectivity index (χ3n) is 3.31. The molecule has 6 heteroatoms. The number of aromatic carboxylic acids is 1. The quantitative estimate of drug-likeness (QED) is 0.842. The lowest BCUT2D eigenvalue weighted by Gasteiger charge is -2.34. The van der Waals surface area contributed by atoms with Gasteiger partial charge in [-0.05, 0) is 25.9 Å². The maximum Gasteiger partial charge on any atom is 0.358 e. The van der Waals surface area contributed by atoms with Crippen LogP contribution in [0, 0.1) is 0 Å². The molecule has 1 aromatic heterocycles. The summed E-state index contributed by atoms with van der Waals surface area (Å²) < 4.78 is 1.64. The van der Waals surface area contributed by atoms with Crippen LogP contribution in [0.4, 0.5) is 0 Å². The average molecular weight is 238 g/mol. The number of carbonyl (C=O) groups is 1. The van der Waals surface area contributed by atoms with E-state index in [2.05, 4.69) is 22.1 Å². The number of piperidine rings is 1. The summed E-state index contributed by atoms with van der Waals surface area (Å²) in [5.41, 5.74) is 0.0175. The van der Waals surface area contributed by atoms with Gasteiger partial charge in [-0.3, -0.25) is 9.58 Å². The Kier molecular flexibility index (Phi) is 3.73. The third-order valence-corrected chi connectivity index (χ3v) is 3.31. The topological polar surface area (TPSA) is 71.2 Å². The summed E-state index contributed by atoms with van der Waals surface area (Å²) in [5.74, 6) is -1.02. The van der Waals surface area contributed by atoms with Gasteiger partial charge >= 0.3 is 5.97 Å². The van der Waals surface area contributed by atoms with Gasteiger partial charge in [-0.25, -0.2) is 4.79 Å². The van der Waals surface area contributed by atoms with Gasteiger partial charge in [0.15, 0.2) is 5.69 Å². The van der Waals surface area contributed by atoms with Crippen molar-refractivity contribution in [3.05, 3.63) is 11.9 Å². The zero-order chi connectivity index (χ0) is 12.3. The molecule has 1 unspecified atom stereocenters. The fourth-order valence-corrected chi connectivity index (χ4v) is 2.38. The molecular formula is C11H18N4O2. The second-order valence-electron chi connectivity index (χ2n) is 4.41. The normalized spacial score (nSPS) is 21.6. The molecule has 0 aliphatic carbocycles. The summed E-state index contributed by atoms with van der Waals surface area (Å²) >= 11 is 0.